The molecule has 0 aliphatic carbocycles. The number of carbonyl (C=O) groups is 10. The van der Waals surface area contributed by atoms with E-state index in [1.807, 2.05) is 48.5 Å². The lowest BCUT2D eigenvalue weighted by atomic mass is 9.92. The Hall–Kier alpha value is -11.6. The number of hydrogen-bond donors (Lipinski definition) is 12. The van der Waals surface area contributed by atoms with Crippen molar-refractivity contribution in [3.63, 3.8) is 0 Å². The highest BCUT2D eigenvalue weighted by atomic mass is 35.5. The first-order valence-corrected chi connectivity index (χ1v) is 36.1. The van der Waals surface area contributed by atoms with Crippen molar-refractivity contribution in [3.8, 4) is 5.75 Å². The molecule has 0 saturated heterocycles. The summed E-state index contributed by atoms with van der Waals surface area (Å²) in [5, 5.41) is 41.4. The Labute approximate surface area is 610 Å². The van der Waals surface area contributed by atoms with Gasteiger partial charge in [-0.25, -0.2) is 9.97 Å². The third-order valence-corrected chi connectivity index (χ3v) is 19.9. The Morgan fingerprint density at radius 2 is 1.46 bits per heavy atom. The largest absolute Gasteiger partial charge is 0.481 e. The van der Waals surface area contributed by atoms with Crippen LogP contribution >= 0.6 is 33.2 Å². The van der Waals surface area contributed by atoms with E-state index in [4.69, 9.17) is 42.8 Å². The summed E-state index contributed by atoms with van der Waals surface area (Å²) in [6.07, 6.45) is 0.638. The molecule has 9 aromatic rings. The number of ketones is 4. The number of carboxylic acids is 2. The number of nitrogens with two attached hydrogens (primary N) is 2. The van der Waals surface area contributed by atoms with E-state index in [1.165, 1.54) is 23.9 Å². The molecule has 10 rings (SSSR count). The minimum atomic E-state index is -1.63. The molecular formula is C72H73ClN14O16S2. The van der Waals surface area contributed by atoms with Crippen molar-refractivity contribution in [2.75, 3.05) is 53.0 Å². The van der Waals surface area contributed by atoms with Crippen LogP contribution in [0, 0.1) is 17.2 Å². The van der Waals surface area contributed by atoms with Crippen molar-refractivity contribution in [2.45, 2.75) is 89.6 Å². The molecule has 33 heteroatoms. The second kappa shape index (κ2) is 36.5. The molecule has 5 heterocycles. The monoisotopic (exact) mass is 1490 g/mol. The third-order valence-electron chi connectivity index (χ3n) is 17.1. The maximum atomic E-state index is 14.3. The van der Waals surface area contributed by atoms with Crippen LogP contribution in [0.25, 0.3) is 43.7 Å². The number of fused-ring (bicyclic) bond motifs is 6. The van der Waals surface area contributed by atoms with Gasteiger partial charge >= 0.3 is 24.1 Å². The van der Waals surface area contributed by atoms with Gasteiger partial charge in [-0.1, -0.05) is 58.0 Å². The Morgan fingerprint density at radius 1 is 0.781 bits per heavy atom. The van der Waals surface area contributed by atoms with Gasteiger partial charge in [0.25, 0.3) is 17.4 Å². The maximum Gasteiger partial charge on any atom is 0.373 e. The molecule has 0 radical (unpaired) electrons. The molecule has 14 N–H and O–H groups in total. The van der Waals surface area contributed by atoms with E-state index in [2.05, 4.69) is 51.2 Å². The van der Waals surface area contributed by atoms with Crippen molar-refractivity contribution in [1.82, 2.24) is 45.9 Å². The molecule has 1 unspecified atom stereocenters. The minimum Gasteiger partial charge on any atom is -0.481 e. The molecule has 0 spiro atoms. The molecule has 30 nitrogen and oxygen atoms in total. The molecule has 0 fully saturated rings. The van der Waals surface area contributed by atoms with E-state index in [-0.39, 0.29) is 141 Å². The molecular weight excluding hydrogens is 1420 g/mol. The van der Waals surface area contributed by atoms with Crippen LogP contribution in [-0.2, 0) is 62.5 Å². The first-order valence-electron chi connectivity index (χ1n) is 33.0. The molecule has 546 valence electrons. The predicted octanol–water partition coefficient (Wildman–Crippen LogP) is 7.32. The van der Waals surface area contributed by atoms with E-state index in [0.717, 1.165) is 37.9 Å². The number of hydrogen-bond acceptors (Lipinski definition) is 22. The van der Waals surface area contributed by atoms with Crippen LogP contribution in [0.2, 0.25) is 0 Å². The van der Waals surface area contributed by atoms with Crippen molar-refractivity contribution < 1.29 is 72.5 Å². The average Bonchev–Trinajstić information content (AvgIpc) is 1.62. The molecule has 5 aromatic carbocycles. The summed E-state index contributed by atoms with van der Waals surface area (Å²) in [7, 11) is 2.35. The van der Waals surface area contributed by atoms with Gasteiger partial charge in [0.05, 0.1) is 48.2 Å². The number of H-pyrrole nitrogens is 3. The van der Waals surface area contributed by atoms with Crippen molar-refractivity contribution in [2.24, 2.45) is 17.6 Å². The number of Topliss-reactive ketones (excluding diaryl/α,β-unsaturated/α-hetero) is 4. The number of alkyl halides is 1. The van der Waals surface area contributed by atoms with Crippen molar-refractivity contribution >= 4 is 165 Å². The number of aliphatic carboxylic acids is 2. The van der Waals surface area contributed by atoms with Gasteiger partial charge in [0, 0.05) is 139 Å². The number of guanidine groups is 1. The van der Waals surface area contributed by atoms with E-state index >= 15 is 0 Å². The van der Waals surface area contributed by atoms with Gasteiger partial charge < -0.3 is 62.6 Å². The first-order chi connectivity index (χ1) is 50.4. The fourth-order valence-electron chi connectivity index (χ4n) is 12.1. The van der Waals surface area contributed by atoms with Crippen LogP contribution < -0.4 is 47.9 Å². The van der Waals surface area contributed by atoms with Gasteiger partial charge in [0.2, 0.25) is 11.9 Å². The normalized spacial score (nSPS) is 13.2. The molecule has 105 heavy (non-hydrogen) atoms. The summed E-state index contributed by atoms with van der Waals surface area (Å²) in [4.78, 5) is 183. The molecule has 0 saturated carbocycles. The van der Waals surface area contributed by atoms with E-state index in [9.17, 15) is 63.0 Å². The maximum absolute atomic E-state index is 14.3. The van der Waals surface area contributed by atoms with Gasteiger partial charge in [-0.3, -0.25) is 63.1 Å². The van der Waals surface area contributed by atoms with E-state index in [1.54, 1.807) is 59.5 Å². The number of nitrogens with zero attached hydrogens (tertiary/aromatic N) is 4. The molecule has 4 aromatic heterocycles. The van der Waals surface area contributed by atoms with Crippen LogP contribution in [0.15, 0.2) is 114 Å². The summed E-state index contributed by atoms with van der Waals surface area (Å²) >= 11 is 6.49. The summed E-state index contributed by atoms with van der Waals surface area (Å²) in [6.45, 7) is 2.11. The zero-order valence-corrected chi connectivity index (χ0v) is 58.9. The Morgan fingerprint density at radius 3 is 2.13 bits per heavy atom. The lowest BCUT2D eigenvalue weighted by Crippen LogP contribution is -2.46. The van der Waals surface area contributed by atoms with E-state index in [0.29, 0.717) is 74.2 Å². The number of nitrogens with one attached hydrogen (secondary N) is 8. The zero-order valence-electron chi connectivity index (χ0n) is 56.5. The standard InChI is InChI=1S/C71H73ClN14O14S2.CO2/c1-37(87)100-60-31-57-62(51-9-3-2-8-50(51)60)45(32-72)35-86(57)68(97)56-28-43-23-39(11-17-53(43)82-56)25-58(90)54-27-42-22-38(10-16-52(42)81-54)24-49(89)18-21-101-102-36-44(69(98)99)29-59(91)55(30-61(92)93)83-66(95)41(6-4-20-77-70(73)74)26-48(88)7-5-19-76-65(94)40-12-14-46(15-13-40)78-33-47-34-79-64-63(80-47)67(96)85-71(75)84-64;2-1-3/h2-3,8-17,22-23,27-28,31,34,41,44-45,55,78,81-82H,4-7,18-21,24-26,29-30,32-33,35-36H2,1H3,(H,76,94)(H,83,95)(H,92,93)(H,98,99)(H4,73,74,77)(H3,75,79,84,85,96);/t41-,44+,45?,55+;/m1./s1. The molecule has 4 atom stereocenters. The second-order valence-electron chi connectivity index (χ2n) is 24.7. The van der Waals surface area contributed by atoms with Crippen LogP contribution in [-0.4, -0.2) is 154 Å². The highest BCUT2D eigenvalue weighted by Crippen LogP contribution is 2.46. The fraction of sp³-hybridized carbons (Fsp3) is 0.306. The SMILES string of the molecule is CC(=O)Oc1cc2c(c3ccccc13)C(CCl)CN2C(=O)c1cc2cc(CC(=O)c3cc4cc(CC(=O)CCSSC[C@H](CC(=O)[C@H](CC(=O)O)NC(=O)[C@H](CCCNC(=N)N)CC(=O)CCCNC(=O)c5ccc(NCc6cnc7nc(N)[nH]c(=O)c7n6)cc5)C(=O)O)ccc4[nH]3)ccc2[nH]1.O=C=O. The molecule has 0 bridgehead atoms. The number of rotatable bonds is 36. The first kappa shape index (κ1) is 77.6. The lowest BCUT2D eigenvalue weighted by Gasteiger charge is -2.22. The molecule has 1 aliphatic heterocycles. The Balaban J connectivity index is 0.00000418. The van der Waals surface area contributed by atoms with E-state index < -0.39 is 71.8 Å². The van der Waals surface area contributed by atoms with Crippen molar-refractivity contribution in [3.05, 3.63) is 159 Å². The number of amides is 3. The van der Waals surface area contributed by atoms with Gasteiger partial charge in [-0.15, -0.1) is 11.6 Å². The molecule has 3 amide bonds. The average molecular weight is 1490 g/mol. The van der Waals surface area contributed by atoms with Crippen LogP contribution in [0.5, 0.6) is 5.75 Å². The van der Waals surface area contributed by atoms with Crippen molar-refractivity contribution in [1.29, 1.82) is 5.41 Å². The second-order valence-corrected chi connectivity index (χ2v) is 27.7. The predicted molar refractivity (Wildman–Crippen MR) is 393 cm³/mol. The number of carboxylic acid groups (broad SMARTS) is 2. The quantitative estimate of drug-likeness (QED) is 0.00267. The van der Waals surface area contributed by atoms with Gasteiger partial charge in [0.1, 0.15) is 23.0 Å². The summed E-state index contributed by atoms with van der Waals surface area (Å²) in [5.41, 5.74) is 17.1. The number of aromatic amines is 3. The number of anilines is 3. The fourth-order valence-corrected chi connectivity index (χ4v) is 14.7. The Bertz CT molecular complexity index is 4920. The number of nitrogen functional groups attached to an aromatic ring is 1. The summed E-state index contributed by atoms with van der Waals surface area (Å²) < 4.78 is 5.59. The number of ether oxygens (including phenoxy) is 1. The minimum absolute atomic E-state index is 0.0329. The number of benzene rings is 5. The third kappa shape index (κ3) is 21.0. The number of halogens is 1. The van der Waals surface area contributed by atoms with Gasteiger partial charge in [-0.2, -0.15) is 14.6 Å². The molecule has 1 aliphatic rings. The van der Waals surface area contributed by atoms with Crippen LogP contribution in [0.3, 0.4) is 0 Å². The number of esters is 1. The Kier molecular flexibility index (Phi) is 27.0. The van der Waals surface area contributed by atoms with Gasteiger partial charge in [0.15, 0.2) is 28.7 Å². The summed E-state index contributed by atoms with van der Waals surface area (Å²) in [6, 6.07) is 28.5. The zero-order chi connectivity index (χ0) is 75.4. The van der Waals surface area contributed by atoms with Crippen LogP contribution in [0.1, 0.15) is 118 Å². The smallest absolute Gasteiger partial charge is 0.373 e. The van der Waals surface area contributed by atoms with Crippen LogP contribution in [0.4, 0.5) is 17.3 Å². The van der Waals surface area contributed by atoms with Gasteiger partial charge in [-0.05, 0) is 102 Å². The number of aromatic nitrogens is 6. The number of carbonyl (C=O) groups excluding carboxylic acids is 10. The summed E-state index contributed by atoms with van der Waals surface area (Å²) in [5.74, 6) is -8.37. The lowest BCUT2D eigenvalue weighted by molar-refractivity contribution is -0.192. The highest BCUT2D eigenvalue weighted by Gasteiger charge is 2.37. The topological polar surface area (TPSA) is 485 Å². The highest BCUT2D eigenvalue weighted by molar-refractivity contribution is 8.76.